The van der Waals surface area contributed by atoms with E-state index in [0.717, 1.165) is 23.7 Å². The lowest BCUT2D eigenvalue weighted by Crippen LogP contribution is -2.37. The van der Waals surface area contributed by atoms with E-state index in [-0.39, 0.29) is 0 Å². The van der Waals surface area contributed by atoms with E-state index in [1.54, 1.807) is 11.9 Å². The first-order chi connectivity index (χ1) is 10.0. The zero-order valence-corrected chi connectivity index (χ0v) is 13.6. The Hall–Kier alpha value is -1.35. The molecule has 2 unspecified atom stereocenters. The van der Waals surface area contributed by atoms with Gasteiger partial charge in [-0.3, -0.25) is 4.79 Å². The molecule has 2 fully saturated rings. The van der Waals surface area contributed by atoms with Crippen LogP contribution in [-0.2, 0) is 4.79 Å². The highest BCUT2D eigenvalue weighted by Crippen LogP contribution is 2.41. The molecule has 1 saturated heterocycles. The summed E-state index contributed by atoms with van der Waals surface area (Å²) in [4.78, 5) is 11.9. The van der Waals surface area contributed by atoms with Crippen molar-refractivity contribution in [2.45, 2.75) is 52.0 Å². The molecule has 21 heavy (non-hydrogen) atoms. The minimum atomic E-state index is 0.679. The molecule has 116 valence electrons. The Morgan fingerprint density at radius 1 is 1.33 bits per heavy atom. The van der Waals surface area contributed by atoms with E-state index in [0.29, 0.717) is 5.41 Å². The standard InChI is InChI=1S/C9H11NO.C9H17N/c1-8-4-3-5-9(6-8)10(2)7-11;1-9-5-3-2-4-8(9)10-7-6-9/h3-7H,1-2H3;8,10H,2-7H2,1H3. The van der Waals surface area contributed by atoms with Crippen LogP contribution in [-0.4, -0.2) is 26.0 Å². The van der Waals surface area contributed by atoms with Crippen LogP contribution >= 0.6 is 0 Å². The molecule has 1 aromatic rings. The Morgan fingerprint density at radius 2 is 2.14 bits per heavy atom. The van der Waals surface area contributed by atoms with Gasteiger partial charge in [-0.25, -0.2) is 0 Å². The molecule has 1 aliphatic carbocycles. The third-order valence-electron chi connectivity index (χ3n) is 4.99. The first-order valence-corrected chi connectivity index (χ1v) is 8.03. The summed E-state index contributed by atoms with van der Waals surface area (Å²) in [6.07, 6.45) is 8.02. The lowest BCUT2D eigenvalue weighted by molar-refractivity contribution is -0.107. The van der Waals surface area contributed by atoms with Crippen LogP contribution in [0.4, 0.5) is 5.69 Å². The number of fused-ring (bicyclic) bond motifs is 1. The number of rotatable bonds is 2. The Labute approximate surface area is 128 Å². The molecule has 2 aliphatic rings. The summed E-state index contributed by atoms with van der Waals surface area (Å²) in [5.41, 5.74) is 2.77. The predicted molar refractivity (Wildman–Crippen MR) is 88.6 cm³/mol. The Morgan fingerprint density at radius 3 is 2.81 bits per heavy atom. The molecule has 0 bridgehead atoms. The first-order valence-electron chi connectivity index (χ1n) is 8.03. The van der Waals surface area contributed by atoms with Gasteiger partial charge in [0, 0.05) is 18.8 Å². The quantitative estimate of drug-likeness (QED) is 0.845. The number of hydrogen-bond acceptors (Lipinski definition) is 2. The van der Waals surface area contributed by atoms with E-state index in [4.69, 9.17) is 0 Å². The molecule has 3 rings (SSSR count). The summed E-state index contributed by atoms with van der Waals surface area (Å²) in [5.74, 6) is 0. The number of nitrogens with zero attached hydrogens (tertiary/aromatic N) is 1. The van der Waals surface area contributed by atoms with Gasteiger partial charge >= 0.3 is 0 Å². The maximum atomic E-state index is 10.3. The van der Waals surface area contributed by atoms with Crippen LogP contribution < -0.4 is 10.2 Å². The number of aryl methyl sites for hydroxylation is 1. The van der Waals surface area contributed by atoms with Crippen LogP contribution in [0.2, 0.25) is 0 Å². The molecule has 2 atom stereocenters. The van der Waals surface area contributed by atoms with Gasteiger partial charge in [0.1, 0.15) is 0 Å². The van der Waals surface area contributed by atoms with Crippen molar-refractivity contribution >= 4 is 12.1 Å². The maximum Gasteiger partial charge on any atom is 0.213 e. The van der Waals surface area contributed by atoms with E-state index >= 15 is 0 Å². The number of carbonyl (C=O) groups is 1. The highest BCUT2D eigenvalue weighted by Gasteiger charge is 2.39. The van der Waals surface area contributed by atoms with Crippen LogP contribution in [0.1, 0.15) is 44.6 Å². The number of nitrogens with one attached hydrogen (secondary N) is 1. The summed E-state index contributed by atoms with van der Waals surface area (Å²) in [6, 6.07) is 8.67. The van der Waals surface area contributed by atoms with E-state index in [9.17, 15) is 4.79 Å². The van der Waals surface area contributed by atoms with Gasteiger partial charge in [0.2, 0.25) is 6.41 Å². The van der Waals surface area contributed by atoms with Crippen molar-refractivity contribution in [3.8, 4) is 0 Å². The van der Waals surface area contributed by atoms with Crippen molar-refractivity contribution < 1.29 is 4.79 Å². The molecule has 1 aliphatic heterocycles. The second kappa shape index (κ2) is 7.08. The highest BCUT2D eigenvalue weighted by atomic mass is 16.1. The summed E-state index contributed by atoms with van der Waals surface area (Å²) in [5, 5.41) is 3.60. The fraction of sp³-hybridized carbons (Fsp3) is 0.611. The van der Waals surface area contributed by atoms with Crippen molar-refractivity contribution in [3.63, 3.8) is 0 Å². The van der Waals surface area contributed by atoms with Crippen molar-refractivity contribution in [1.29, 1.82) is 0 Å². The minimum Gasteiger partial charge on any atom is -0.318 e. The summed E-state index contributed by atoms with van der Waals surface area (Å²) >= 11 is 0. The molecule has 0 radical (unpaired) electrons. The lowest BCUT2D eigenvalue weighted by Gasteiger charge is -2.35. The molecule has 0 aromatic heterocycles. The minimum absolute atomic E-state index is 0.679. The van der Waals surface area contributed by atoms with Gasteiger partial charge < -0.3 is 10.2 Å². The Balaban J connectivity index is 0.000000154. The number of amides is 1. The van der Waals surface area contributed by atoms with Crippen molar-refractivity contribution in [2.75, 3.05) is 18.5 Å². The van der Waals surface area contributed by atoms with Crippen molar-refractivity contribution in [2.24, 2.45) is 5.41 Å². The molecule has 3 heteroatoms. The zero-order chi connectivity index (χ0) is 15.3. The van der Waals surface area contributed by atoms with E-state index < -0.39 is 0 Å². The number of hydrogen-bond donors (Lipinski definition) is 1. The molecule has 0 spiro atoms. The maximum absolute atomic E-state index is 10.3. The molecule has 1 amide bonds. The highest BCUT2D eigenvalue weighted by molar-refractivity contribution is 5.74. The van der Waals surface area contributed by atoms with Crippen LogP contribution in [0.25, 0.3) is 0 Å². The van der Waals surface area contributed by atoms with Crippen LogP contribution in [0.15, 0.2) is 24.3 Å². The molecular formula is C18H28N2O. The Bertz CT molecular complexity index is 474. The van der Waals surface area contributed by atoms with Crippen molar-refractivity contribution in [1.82, 2.24) is 5.32 Å². The molecular weight excluding hydrogens is 260 g/mol. The molecule has 3 nitrogen and oxygen atoms in total. The number of anilines is 1. The molecule has 1 saturated carbocycles. The smallest absolute Gasteiger partial charge is 0.213 e. The lowest BCUT2D eigenvalue weighted by atomic mass is 9.72. The molecule has 1 aromatic carbocycles. The van der Waals surface area contributed by atoms with Crippen LogP contribution in [0.3, 0.4) is 0 Å². The van der Waals surface area contributed by atoms with Gasteiger partial charge in [-0.05, 0) is 55.8 Å². The second-order valence-electron chi connectivity index (χ2n) is 6.71. The van der Waals surface area contributed by atoms with Gasteiger partial charge in [-0.15, -0.1) is 0 Å². The fourth-order valence-corrected chi connectivity index (χ4v) is 3.49. The zero-order valence-electron chi connectivity index (χ0n) is 13.6. The summed E-state index contributed by atoms with van der Waals surface area (Å²) in [6.45, 7) is 5.72. The fourth-order valence-electron chi connectivity index (χ4n) is 3.49. The van der Waals surface area contributed by atoms with E-state index in [1.807, 2.05) is 31.2 Å². The predicted octanol–water partition coefficient (Wildman–Crippen LogP) is 3.52. The summed E-state index contributed by atoms with van der Waals surface area (Å²) in [7, 11) is 1.74. The second-order valence-corrected chi connectivity index (χ2v) is 6.71. The van der Waals surface area contributed by atoms with Gasteiger partial charge in [-0.2, -0.15) is 0 Å². The van der Waals surface area contributed by atoms with Gasteiger partial charge in [0.15, 0.2) is 0 Å². The van der Waals surface area contributed by atoms with Gasteiger partial charge in [0.05, 0.1) is 0 Å². The van der Waals surface area contributed by atoms with Crippen LogP contribution in [0.5, 0.6) is 0 Å². The monoisotopic (exact) mass is 288 g/mol. The number of carbonyl (C=O) groups excluding carboxylic acids is 1. The SMILES string of the molecule is CC12CCCCC1NCC2.Cc1cccc(N(C)C=O)c1. The van der Waals surface area contributed by atoms with E-state index in [1.165, 1.54) is 38.6 Å². The third kappa shape index (κ3) is 4.07. The first kappa shape index (κ1) is 16.0. The Kier molecular flexibility index (Phi) is 5.40. The molecule has 1 N–H and O–H groups in total. The van der Waals surface area contributed by atoms with E-state index in [2.05, 4.69) is 12.2 Å². The number of benzene rings is 1. The summed E-state index contributed by atoms with van der Waals surface area (Å²) < 4.78 is 0. The van der Waals surface area contributed by atoms with Crippen LogP contribution in [0, 0.1) is 12.3 Å². The normalized spacial score (nSPS) is 27.3. The van der Waals surface area contributed by atoms with Gasteiger partial charge in [-0.1, -0.05) is 31.9 Å². The largest absolute Gasteiger partial charge is 0.318 e. The third-order valence-corrected chi connectivity index (χ3v) is 4.99. The topological polar surface area (TPSA) is 32.3 Å². The average molecular weight is 288 g/mol. The van der Waals surface area contributed by atoms with Gasteiger partial charge in [0.25, 0.3) is 0 Å². The molecule has 1 heterocycles. The van der Waals surface area contributed by atoms with Crippen molar-refractivity contribution in [3.05, 3.63) is 29.8 Å². The average Bonchev–Trinajstić information content (AvgIpc) is 2.88.